The molecule has 1 saturated carbocycles. The number of hydrogen-bond acceptors (Lipinski definition) is 5. The minimum atomic E-state index is -0.913. The van der Waals surface area contributed by atoms with Gasteiger partial charge in [-0.2, -0.15) is 0 Å². The van der Waals surface area contributed by atoms with Crippen molar-refractivity contribution < 1.29 is 19.5 Å². The highest BCUT2D eigenvalue weighted by Crippen LogP contribution is 2.39. The summed E-state index contributed by atoms with van der Waals surface area (Å²) in [5.74, 6) is 0.638. The average Bonchev–Trinajstić information content (AvgIpc) is 3.03. The number of piperidine rings is 1. The molecule has 3 amide bonds. The van der Waals surface area contributed by atoms with Gasteiger partial charge in [0.15, 0.2) is 0 Å². The number of aliphatic hydroxyl groups excluding tert-OH is 1. The fourth-order valence-corrected chi connectivity index (χ4v) is 7.23. The number of aliphatic hydroxyl groups is 1. The largest absolute Gasteiger partial charge is 0.390 e. The summed E-state index contributed by atoms with van der Waals surface area (Å²) < 4.78 is 0. The van der Waals surface area contributed by atoms with Crippen molar-refractivity contribution in [1.82, 2.24) is 20.4 Å². The zero-order chi connectivity index (χ0) is 33.3. The summed E-state index contributed by atoms with van der Waals surface area (Å²) in [4.78, 5) is 44.6. The van der Waals surface area contributed by atoms with Crippen LogP contribution in [-0.2, 0) is 11.2 Å². The Morgan fingerprint density at radius 1 is 0.935 bits per heavy atom. The van der Waals surface area contributed by atoms with Crippen molar-refractivity contribution in [2.75, 3.05) is 26.2 Å². The number of nitrogens with one attached hydrogen (secondary N) is 2. The summed E-state index contributed by atoms with van der Waals surface area (Å²) in [5.41, 5.74) is 1.51. The second-order valence-corrected chi connectivity index (χ2v) is 14.5. The van der Waals surface area contributed by atoms with E-state index in [1.165, 1.54) is 12.8 Å². The molecule has 46 heavy (non-hydrogen) atoms. The first-order valence-electron chi connectivity index (χ1n) is 17.5. The molecule has 0 radical (unpaired) electrons. The molecule has 3 N–H and O–H groups in total. The van der Waals surface area contributed by atoms with Gasteiger partial charge in [-0.25, -0.2) is 0 Å². The number of carbonyl (C=O) groups excluding carboxylic acids is 3. The lowest BCUT2D eigenvalue weighted by Crippen LogP contribution is -2.60. The Kier molecular flexibility index (Phi) is 12.8. The monoisotopic (exact) mass is 632 g/mol. The van der Waals surface area contributed by atoms with Gasteiger partial charge in [0, 0.05) is 42.8 Å². The summed E-state index contributed by atoms with van der Waals surface area (Å²) in [7, 11) is 0. The summed E-state index contributed by atoms with van der Waals surface area (Å²) in [6.07, 6.45) is 6.77. The Morgan fingerprint density at radius 3 is 2.24 bits per heavy atom. The maximum absolute atomic E-state index is 13.7. The van der Waals surface area contributed by atoms with Crippen LogP contribution in [0.15, 0.2) is 54.6 Å². The van der Waals surface area contributed by atoms with Crippen LogP contribution < -0.4 is 10.6 Å². The molecule has 2 aromatic rings. The molecule has 1 aliphatic heterocycles. The standard InChI is InChI=1S/C38H56N4O4/c1-6-20-41(21-7-2)37(46)30-19-13-18-29(23-30)35(44)39-32(22-27-14-9-8-10-15-27)34(43)26-42-25-31-17-12-11-16-28(31)24-33(42)36(45)40-38(3,4)5/h8-10,13-15,18-19,23,28,31-34,43H,6-7,11-12,16-17,20-22,24-26H2,1-5H3,(H,39,44)(H,40,45)/t28-,31+,32-,33?,34+/m0/s1. The van der Waals surface area contributed by atoms with Crippen LogP contribution in [-0.4, -0.2) is 82.5 Å². The number of amides is 3. The van der Waals surface area contributed by atoms with Crippen LogP contribution in [0.25, 0.3) is 0 Å². The molecule has 2 aromatic carbocycles. The molecular weight excluding hydrogens is 576 g/mol. The zero-order valence-corrected chi connectivity index (χ0v) is 28.6. The third kappa shape index (κ3) is 9.88. The van der Waals surface area contributed by atoms with Crippen LogP contribution >= 0.6 is 0 Å². The molecular formula is C38H56N4O4. The van der Waals surface area contributed by atoms with Gasteiger partial charge in [-0.15, -0.1) is 0 Å². The molecule has 2 aliphatic rings. The Hall–Kier alpha value is -3.23. The predicted octanol–water partition coefficient (Wildman–Crippen LogP) is 5.45. The Balaban J connectivity index is 1.55. The van der Waals surface area contributed by atoms with E-state index in [2.05, 4.69) is 29.4 Å². The minimum Gasteiger partial charge on any atom is -0.390 e. The maximum Gasteiger partial charge on any atom is 0.253 e. The van der Waals surface area contributed by atoms with Crippen LogP contribution in [0.1, 0.15) is 106 Å². The first-order chi connectivity index (χ1) is 22.0. The lowest BCUT2D eigenvalue weighted by molar-refractivity contribution is -0.132. The molecule has 4 rings (SSSR count). The van der Waals surface area contributed by atoms with E-state index >= 15 is 0 Å². The molecule has 1 unspecified atom stereocenters. The van der Waals surface area contributed by atoms with Crippen molar-refractivity contribution in [3.05, 3.63) is 71.3 Å². The normalized spacial score (nSPS) is 21.5. The first kappa shape index (κ1) is 35.6. The second kappa shape index (κ2) is 16.6. The van der Waals surface area contributed by atoms with Crippen molar-refractivity contribution in [1.29, 1.82) is 0 Å². The fraction of sp³-hybridized carbons (Fsp3) is 0.605. The smallest absolute Gasteiger partial charge is 0.253 e. The number of β-amino-alcohol motifs (C(OH)–C–C–N with tert-alkyl or cyclic N) is 1. The third-order valence-corrected chi connectivity index (χ3v) is 9.45. The number of rotatable bonds is 13. The van der Waals surface area contributed by atoms with E-state index in [1.54, 1.807) is 24.3 Å². The van der Waals surface area contributed by atoms with Crippen LogP contribution in [0.2, 0.25) is 0 Å². The number of nitrogens with zero attached hydrogens (tertiary/aromatic N) is 2. The molecule has 252 valence electrons. The average molecular weight is 633 g/mol. The maximum atomic E-state index is 13.7. The van der Waals surface area contributed by atoms with E-state index in [1.807, 2.05) is 56.0 Å². The predicted molar refractivity (Wildman–Crippen MR) is 184 cm³/mol. The van der Waals surface area contributed by atoms with Gasteiger partial charge in [0.05, 0.1) is 18.2 Å². The van der Waals surface area contributed by atoms with Gasteiger partial charge in [-0.3, -0.25) is 19.3 Å². The van der Waals surface area contributed by atoms with E-state index in [0.29, 0.717) is 42.5 Å². The lowest BCUT2D eigenvalue weighted by atomic mass is 9.72. The van der Waals surface area contributed by atoms with E-state index in [4.69, 9.17) is 0 Å². The molecule has 8 heteroatoms. The van der Waals surface area contributed by atoms with Crippen LogP contribution in [0, 0.1) is 11.8 Å². The highest BCUT2D eigenvalue weighted by atomic mass is 16.3. The van der Waals surface area contributed by atoms with Gasteiger partial charge in [0.2, 0.25) is 5.91 Å². The van der Waals surface area contributed by atoms with Gasteiger partial charge >= 0.3 is 0 Å². The molecule has 0 aromatic heterocycles. The van der Waals surface area contributed by atoms with Crippen molar-refractivity contribution in [3.8, 4) is 0 Å². The lowest BCUT2D eigenvalue weighted by Gasteiger charge is -2.47. The molecule has 2 fully saturated rings. The van der Waals surface area contributed by atoms with Crippen molar-refractivity contribution in [2.24, 2.45) is 11.8 Å². The Morgan fingerprint density at radius 2 is 1.59 bits per heavy atom. The van der Waals surface area contributed by atoms with Gasteiger partial charge in [0.1, 0.15) is 0 Å². The molecule has 1 aliphatic carbocycles. The topological polar surface area (TPSA) is 102 Å². The number of benzene rings is 2. The molecule has 0 spiro atoms. The van der Waals surface area contributed by atoms with Gasteiger partial charge in [-0.1, -0.05) is 69.5 Å². The van der Waals surface area contributed by atoms with E-state index in [9.17, 15) is 19.5 Å². The van der Waals surface area contributed by atoms with Crippen LogP contribution in [0.5, 0.6) is 0 Å². The summed E-state index contributed by atoms with van der Waals surface area (Å²) in [5, 5.41) is 18.1. The summed E-state index contributed by atoms with van der Waals surface area (Å²) >= 11 is 0. The quantitative estimate of drug-likeness (QED) is 0.273. The van der Waals surface area contributed by atoms with Crippen LogP contribution in [0.4, 0.5) is 0 Å². The summed E-state index contributed by atoms with van der Waals surface area (Å²) in [6.45, 7) is 12.5. The summed E-state index contributed by atoms with van der Waals surface area (Å²) in [6, 6.07) is 15.8. The SMILES string of the molecule is CCCN(CCC)C(=O)c1cccc(C(=O)N[C@@H](Cc2ccccc2)[C@H](O)CN2C[C@H]3CCCC[C@H]3CC2C(=O)NC(C)(C)C)c1. The van der Waals surface area contributed by atoms with Gasteiger partial charge < -0.3 is 20.6 Å². The van der Waals surface area contributed by atoms with E-state index < -0.39 is 12.1 Å². The number of hydrogen-bond donors (Lipinski definition) is 3. The van der Waals surface area contributed by atoms with E-state index in [-0.39, 0.29) is 35.8 Å². The first-order valence-corrected chi connectivity index (χ1v) is 17.5. The number of likely N-dealkylation sites (tertiary alicyclic amines) is 1. The molecule has 0 bridgehead atoms. The molecule has 5 atom stereocenters. The van der Waals surface area contributed by atoms with Crippen molar-refractivity contribution in [3.63, 3.8) is 0 Å². The second-order valence-electron chi connectivity index (χ2n) is 14.5. The minimum absolute atomic E-state index is 0.00837. The molecule has 8 nitrogen and oxygen atoms in total. The van der Waals surface area contributed by atoms with Crippen molar-refractivity contribution in [2.45, 2.75) is 110 Å². The highest BCUT2D eigenvalue weighted by Gasteiger charge is 2.41. The van der Waals surface area contributed by atoms with Gasteiger partial charge in [-0.05, 0) is 88.5 Å². The number of fused-ring (bicyclic) bond motifs is 1. The number of carbonyl (C=O) groups is 3. The zero-order valence-electron chi connectivity index (χ0n) is 28.6. The fourth-order valence-electron chi connectivity index (χ4n) is 7.23. The van der Waals surface area contributed by atoms with Crippen molar-refractivity contribution >= 4 is 17.7 Å². The van der Waals surface area contributed by atoms with Gasteiger partial charge in [0.25, 0.3) is 11.8 Å². The molecule has 1 heterocycles. The third-order valence-electron chi connectivity index (χ3n) is 9.45. The highest BCUT2D eigenvalue weighted by molar-refractivity contribution is 5.99. The Bertz CT molecular complexity index is 1290. The molecule has 1 saturated heterocycles. The van der Waals surface area contributed by atoms with E-state index in [0.717, 1.165) is 44.2 Å². The van der Waals surface area contributed by atoms with Crippen LogP contribution in [0.3, 0.4) is 0 Å². The Labute approximate surface area is 276 Å².